The van der Waals surface area contributed by atoms with Crippen LogP contribution in [0.3, 0.4) is 0 Å². The Kier molecular flexibility index (Phi) is 1.65. The van der Waals surface area contributed by atoms with Crippen LogP contribution in [0.1, 0.15) is 0 Å². The van der Waals surface area contributed by atoms with E-state index in [-0.39, 0.29) is 5.43 Å². The van der Waals surface area contributed by atoms with Crippen molar-refractivity contribution in [3.8, 4) is 0 Å². The number of nitrogens with zero attached hydrogens (tertiary/aromatic N) is 2. The number of hydrogen-bond donors (Lipinski definition) is 1. The quantitative estimate of drug-likeness (QED) is 0.731. The fourth-order valence-corrected chi connectivity index (χ4v) is 1.27. The zero-order valence-electron chi connectivity index (χ0n) is 5.91. The van der Waals surface area contributed by atoms with E-state index < -0.39 is 0 Å². The highest BCUT2D eigenvalue weighted by molar-refractivity contribution is 9.10. The number of nitrogens with one attached hydrogen (secondary N) is 1. The van der Waals surface area contributed by atoms with Crippen LogP contribution in [0.15, 0.2) is 27.7 Å². The summed E-state index contributed by atoms with van der Waals surface area (Å²) in [5, 5.41) is 6.35. The number of aromatic amines is 1. The number of rotatable bonds is 0. The molecule has 0 saturated carbocycles. The lowest BCUT2D eigenvalue weighted by Gasteiger charge is -1.94. The van der Waals surface area contributed by atoms with Crippen LogP contribution in [-0.4, -0.2) is 15.2 Å². The average molecular weight is 226 g/mol. The van der Waals surface area contributed by atoms with Crippen molar-refractivity contribution in [1.82, 2.24) is 15.2 Å². The summed E-state index contributed by atoms with van der Waals surface area (Å²) < 4.78 is 0.818. The fourth-order valence-electron chi connectivity index (χ4n) is 0.942. The second-order valence-electron chi connectivity index (χ2n) is 2.28. The average Bonchev–Trinajstić information content (AvgIpc) is 2.04. The number of hydrogen-bond acceptors (Lipinski definition) is 3. The number of halogens is 1. The lowest BCUT2D eigenvalue weighted by atomic mass is 10.3. The van der Waals surface area contributed by atoms with Crippen LogP contribution < -0.4 is 5.43 Å². The molecule has 0 aliphatic heterocycles. The first-order chi connectivity index (χ1) is 5.77. The number of pyridine rings is 1. The topological polar surface area (TPSA) is 58.6 Å². The van der Waals surface area contributed by atoms with Gasteiger partial charge in [-0.15, -0.1) is 0 Å². The molecule has 0 amide bonds. The van der Waals surface area contributed by atoms with Crippen LogP contribution in [0.2, 0.25) is 0 Å². The summed E-state index contributed by atoms with van der Waals surface area (Å²) in [5.41, 5.74) is 0.876. The van der Waals surface area contributed by atoms with Gasteiger partial charge in [0.15, 0.2) is 0 Å². The fraction of sp³-hybridized carbons (Fsp3) is 0. The lowest BCUT2D eigenvalue weighted by molar-refractivity contribution is 1.05. The molecule has 12 heavy (non-hydrogen) atoms. The molecule has 5 heteroatoms. The van der Waals surface area contributed by atoms with Crippen LogP contribution in [0.25, 0.3) is 11.0 Å². The molecule has 2 aromatic heterocycles. The van der Waals surface area contributed by atoms with Crippen LogP contribution in [0.5, 0.6) is 0 Å². The van der Waals surface area contributed by atoms with Crippen LogP contribution >= 0.6 is 15.9 Å². The van der Waals surface area contributed by atoms with E-state index >= 15 is 0 Å². The van der Waals surface area contributed by atoms with Crippen molar-refractivity contribution in [2.45, 2.75) is 0 Å². The van der Waals surface area contributed by atoms with Crippen molar-refractivity contribution in [3.63, 3.8) is 0 Å². The number of fused-ring (bicyclic) bond motifs is 1. The van der Waals surface area contributed by atoms with Gasteiger partial charge in [-0.2, -0.15) is 5.10 Å². The predicted octanol–water partition coefficient (Wildman–Crippen LogP) is 1.08. The third-order valence-corrected chi connectivity index (χ3v) is 1.89. The van der Waals surface area contributed by atoms with Crippen LogP contribution in [0, 0.1) is 0 Å². The molecule has 0 aliphatic rings. The van der Waals surface area contributed by atoms with Crippen molar-refractivity contribution in [3.05, 3.63) is 33.2 Å². The normalized spacial score (nSPS) is 10.4. The first kappa shape index (κ1) is 7.42. The van der Waals surface area contributed by atoms with E-state index in [1.165, 1.54) is 6.20 Å². The Balaban J connectivity index is 2.96. The van der Waals surface area contributed by atoms with E-state index in [2.05, 4.69) is 31.1 Å². The van der Waals surface area contributed by atoms with Crippen molar-refractivity contribution >= 4 is 27.0 Å². The molecule has 0 unspecified atom stereocenters. The summed E-state index contributed by atoms with van der Waals surface area (Å²) in [6.07, 6.45) is 2.79. The first-order valence-electron chi connectivity index (χ1n) is 3.26. The largest absolute Gasteiger partial charge is 0.286 e. The molecule has 0 aromatic carbocycles. The Morgan fingerprint density at radius 3 is 3.08 bits per heavy atom. The SMILES string of the molecule is O=c1cn[nH]c2cc(Br)cnc12. The van der Waals surface area contributed by atoms with Gasteiger partial charge in [0.1, 0.15) is 5.52 Å². The third-order valence-electron chi connectivity index (χ3n) is 1.45. The molecule has 0 spiro atoms. The standard InChI is InChI=1S/C7H4BrN3O/c8-4-1-5-7(9-2-4)6(12)3-10-11-5/h1-3H,(H,11,12). The molecular formula is C7H4BrN3O. The Labute approximate surface area is 75.8 Å². The van der Waals surface area contributed by atoms with Crippen molar-refractivity contribution in [1.29, 1.82) is 0 Å². The van der Waals surface area contributed by atoms with E-state index in [0.29, 0.717) is 11.0 Å². The summed E-state index contributed by atoms with van der Waals surface area (Å²) in [5.74, 6) is 0. The van der Waals surface area contributed by atoms with Gasteiger partial charge in [0.2, 0.25) is 5.43 Å². The van der Waals surface area contributed by atoms with E-state index in [4.69, 9.17) is 0 Å². The molecule has 2 aromatic rings. The van der Waals surface area contributed by atoms with Crippen LogP contribution in [0.4, 0.5) is 0 Å². The minimum absolute atomic E-state index is 0.170. The van der Waals surface area contributed by atoms with Crippen molar-refractivity contribution < 1.29 is 0 Å². The highest BCUT2D eigenvalue weighted by atomic mass is 79.9. The third kappa shape index (κ3) is 1.12. The highest BCUT2D eigenvalue weighted by Gasteiger charge is 1.99. The molecule has 4 nitrogen and oxygen atoms in total. The second-order valence-corrected chi connectivity index (χ2v) is 3.20. The maximum atomic E-state index is 11.1. The van der Waals surface area contributed by atoms with E-state index in [1.807, 2.05) is 0 Å². The van der Waals surface area contributed by atoms with Gasteiger partial charge in [-0.05, 0) is 22.0 Å². The maximum Gasteiger partial charge on any atom is 0.226 e. The van der Waals surface area contributed by atoms with E-state index in [1.54, 1.807) is 12.3 Å². The molecular weight excluding hydrogens is 222 g/mol. The van der Waals surface area contributed by atoms with Gasteiger partial charge >= 0.3 is 0 Å². The minimum atomic E-state index is -0.170. The van der Waals surface area contributed by atoms with E-state index in [9.17, 15) is 4.79 Å². The smallest absolute Gasteiger partial charge is 0.226 e. The zero-order chi connectivity index (χ0) is 8.55. The van der Waals surface area contributed by atoms with Gasteiger partial charge in [-0.1, -0.05) is 0 Å². The molecule has 0 atom stereocenters. The van der Waals surface area contributed by atoms with E-state index in [0.717, 1.165) is 4.47 Å². The highest BCUT2D eigenvalue weighted by Crippen LogP contribution is 2.11. The van der Waals surface area contributed by atoms with Crippen molar-refractivity contribution in [2.75, 3.05) is 0 Å². The van der Waals surface area contributed by atoms with Gasteiger partial charge in [0, 0.05) is 10.7 Å². The van der Waals surface area contributed by atoms with Crippen LogP contribution in [-0.2, 0) is 0 Å². The van der Waals surface area contributed by atoms with Gasteiger partial charge < -0.3 is 0 Å². The lowest BCUT2D eigenvalue weighted by Crippen LogP contribution is -2.04. The Morgan fingerprint density at radius 2 is 2.25 bits per heavy atom. The molecule has 0 aliphatic carbocycles. The Morgan fingerprint density at radius 1 is 1.42 bits per heavy atom. The second kappa shape index (κ2) is 2.67. The number of aromatic nitrogens is 3. The van der Waals surface area contributed by atoms with Crippen molar-refractivity contribution in [2.24, 2.45) is 0 Å². The van der Waals surface area contributed by atoms with Gasteiger partial charge in [-0.25, -0.2) is 4.98 Å². The summed E-state index contributed by atoms with van der Waals surface area (Å²) in [6, 6.07) is 1.76. The monoisotopic (exact) mass is 225 g/mol. The Hall–Kier alpha value is -1.23. The molecule has 1 N–H and O–H groups in total. The van der Waals surface area contributed by atoms with Gasteiger partial charge in [-0.3, -0.25) is 9.89 Å². The number of H-pyrrole nitrogens is 1. The summed E-state index contributed by atoms with van der Waals surface area (Å²) in [6.45, 7) is 0. The summed E-state index contributed by atoms with van der Waals surface area (Å²) in [7, 11) is 0. The Bertz CT molecular complexity index is 479. The summed E-state index contributed by atoms with van der Waals surface area (Å²) >= 11 is 3.24. The summed E-state index contributed by atoms with van der Waals surface area (Å²) in [4.78, 5) is 15.1. The molecule has 0 saturated heterocycles. The molecule has 0 bridgehead atoms. The first-order valence-corrected chi connectivity index (χ1v) is 4.05. The molecule has 60 valence electrons. The predicted molar refractivity (Wildman–Crippen MR) is 47.9 cm³/mol. The van der Waals surface area contributed by atoms with Gasteiger partial charge in [0.05, 0.1) is 11.7 Å². The molecule has 2 heterocycles. The molecule has 0 radical (unpaired) electrons. The minimum Gasteiger partial charge on any atom is -0.286 e. The zero-order valence-corrected chi connectivity index (χ0v) is 7.50. The molecule has 2 rings (SSSR count). The van der Waals surface area contributed by atoms with Gasteiger partial charge in [0.25, 0.3) is 0 Å². The maximum absolute atomic E-state index is 11.1. The molecule has 0 fully saturated rings.